The molecular formula is H12ClN5Pd. The van der Waals surface area contributed by atoms with Crippen molar-refractivity contribution in [1.82, 2.24) is 6.15 Å². The van der Waals surface area contributed by atoms with Crippen LogP contribution >= 0.6 is 9.53 Å². The van der Waals surface area contributed by atoms with Crippen LogP contribution in [-0.4, -0.2) is 0 Å². The first-order valence-corrected chi connectivity index (χ1v) is 6.44. The van der Waals surface area contributed by atoms with Crippen molar-refractivity contribution < 1.29 is 14.3 Å². The van der Waals surface area contributed by atoms with E-state index in [1.54, 1.807) is 0 Å². The molecule has 0 radical (unpaired) electrons. The van der Waals surface area contributed by atoms with Crippen LogP contribution in [0.3, 0.4) is 0 Å². The van der Waals surface area contributed by atoms with Crippen molar-refractivity contribution in [2.24, 2.45) is 17.5 Å². The van der Waals surface area contributed by atoms with Gasteiger partial charge in [-0.25, -0.2) is 0 Å². The fourth-order valence-electron chi connectivity index (χ4n) is 0. The van der Waals surface area contributed by atoms with Crippen LogP contribution in [0.1, 0.15) is 0 Å². The SMILES string of the molecule is [NH2][Pd-]([NH2])([NH2])([NH2])[Cl].[NH4+]. The summed E-state index contributed by atoms with van der Waals surface area (Å²) in [5.41, 5.74) is 0. The van der Waals surface area contributed by atoms with Gasteiger partial charge in [0.05, 0.1) is 0 Å². The molecule has 7 heteroatoms. The standard InChI is InChI=1S/ClH.H3N.4H2N.Pd/h1H;1H3;4*1H2;/q;;4*-1;+4. The minimum atomic E-state index is -3.86. The molecule has 0 unspecified atom stereocenters. The van der Waals surface area contributed by atoms with E-state index in [-0.39, 0.29) is 6.15 Å². The van der Waals surface area contributed by atoms with Crippen LogP contribution in [0.2, 0.25) is 0 Å². The summed E-state index contributed by atoms with van der Waals surface area (Å²) < 4.78 is 19.4. The summed E-state index contributed by atoms with van der Waals surface area (Å²) >= 11 is -3.86. The summed E-state index contributed by atoms with van der Waals surface area (Å²) in [6.45, 7) is 0. The number of nitrogens with two attached hydrogens (primary N) is 4. The molecule has 0 bridgehead atoms. The Hall–Kier alpha value is 0.752. The summed E-state index contributed by atoms with van der Waals surface area (Å²) in [5, 5.41) is 0. The maximum atomic E-state index is 5.06. The Morgan fingerprint density at radius 3 is 1.00 bits per heavy atom. The molecular weight excluding hydrogens is 212 g/mol. The van der Waals surface area contributed by atoms with Crippen LogP contribution in [-0.2, 0) is 14.3 Å². The van der Waals surface area contributed by atoms with Gasteiger partial charge < -0.3 is 6.15 Å². The topological polar surface area (TPSA) is 141 Å². The van der Waals surface area contributed by atoms with Crippen LogP contribution < -0.4 is 23.6 Å². The van der Waals surface area contributed by atoms with E-state index in [9.17, 15) is 0 Å². The zero-order valence-corrected chi connectivity index (χ0v) is 6.31. The van der Waals surface area contributed by atoms with E-state index >= 15 is 0 Å². The monoisotopic (exact) mass is 223 g/mol. The van der Waals surface area contributed by atoms with Crippen molar-refractivity contribution in [3.63, 3.8) is 0 Å². The van der Waals surface area contributed by atoms with E-state index in [1.807, 2.05) is 0 Å². The molecule has 0 aromatic carbocycles. The quantitative estimate of drug-likeness (QED) is 0.326. The van der Waals surface area contributed by atoms with Crippen LogP contribution in [0.4, 0.5) is 0 Å². The molecule has 0 aliphatic rings. The van der Waals surface area contributed by atoms with Crippen LogP contribution in [0, 0.1) is 0 Å². The smallest absolute Gasteiger partial charge is 0.369 e. The van der Waals surface area contributed by atoms with E-state index in [0.29, 0.717) is 0 Å². The summed E-state index contributed by atoms with van der Waals surface area (Å²) in [6.07, 6.45) is 0. The summed E-state index contributed by atoms with van der Waals surface area (Å²) in [6, 6.07) is 0. The molecule has 0 fully saturated rings. The second-order valence-corrected chi connectivity index (χ2v) is 8.64. The zero-order valence-electron chi connectivity index (χ0n) is 4.00. The third kappa shape index (κ3) is 269. The number of quaternary nitrogens is 1. The third-order valence-corrected chi connectivity index (χ3v) is 0. The molecule has 0 aliphatic carbocycles. The molecule has 0 saturated carbocycles. The Labute approximate surface area is 47.8 Å². The van der Waals surface area contributed by atoms with Crippen LogP contribution in [0.15, 0.2) is 0 Å². The average Bonchev–Trinajstić information content (AvgIpc) is 0.650. The first-order chi connectivity index (χ1) is 2.24. The second kappa shape index (κ2) is 1.93. The van der Waals surface area contributed by atoms with Crippen molar-refractivity contribution in [3.8, 4) is 0 Å². The minimum Gasteiger partial charge on any atom is -0.369 e. The Balaban J connectivity index is 0. The van der Waals surface area contributed by atoms with Crippen LogP contribution in [0.5, 0.6) is 0 Å². The van der Waals surface area contributed by atoms with E-state index in [2.05, 4.69) is 0 Å². The van der Waals surface area contributed by atoms with Gasteiger partial charge in [-0.3, -0.25) is 0 Å². The van der Waals surface area contributed by atoms with Crippen molar-refractivity contribution >= 4 is 9.53 Å². The van der Waals surface area contributed by atoms with Gasteiger partial charge >= 0.3 is 41.3 Å². The molecule has 12 N–H and O–H groups in total. The van der Waals surface area contributed by atoms with Gasteiger partial charge in [0, 0.05) is 0 Å². The Bertz CT molecular complexity index is 41.3. The summed E-state index contributed by atoms with van der Waals surface area (Å²) in [7, 11) is 5.06. The average molecular weight is 224 g/mol. The Kier molecular flexibility index (Phi) is 2.95. The van der Waals surface area contributed by atoms with Gasteiger partial charge in [0.25, 0.3) is 0 Å². The largest absolute Gasteiger partial charge is 0.369 e. The molecule has 0 rings (SSSR count). The molecule has 7 heavy (non-hydrogen) atoms. The van der Waals surface area contributed by atoms with Gasteiger partial charge in [-0.1, -0.05) is 0 Å². The van der Waals surface area contributed by atoms with E-state index < -0.39 is 14.3 Å². The van der Waals surface area contributed by atoms with Crippen molar-refractivity contribution in [2.75, 3.05) is 0 Å². The van der Waals surface area contributed by atoms with Crippen molar-refractivity contribution in [2.45, 2.75) is 0 Å². The predicted molar refractivity (Wildman–Crippen MR) is 28.6 cm³/mol. The Morgan fingerprint density at radius 2 is 1.00 bits per heavy atom. The molecule has 0 amide bonds. The molecule has 0 atom stereocenters. The van der Waals surface area contributed by atoms with E-state index in [4.69, 9.17) is 27.0 Å². The van der Waals surface area contributed by atoms with Gasteiger partial charge in [-0.2, -0.15) is 0 Å². The van der Waals surface area contributed by atoms with Crippen molar-refractivity contribution in [1.29, 1.82) is 0 Å². The van der Waals surface area contributed by atoms with E-state index in [0.717, 1.165) is 0 Å². The molecule has 0 aliphatic heterocycles. The van der Waals surface area contributed by atoms with Gasteiger partial charge in [0.1, 0.15) is 0 Å². The molecule has 0 spiro atoms. The van der Waals surface area contributed by atoms with Gasteiger partial charge in [0.2, 0.25) is 0 Å². The second-order valence-electron chi connectivity index (χ2n) is 0.908. The Morgan fingerprint density at radius 1 is 1.00 bits per heavy atom. The molecule has 0 saturated heterocycles. The first kappa shape index (κ1) is 10.7. The third-order valence-electron chi connectivity index (χ3n) is 0. The number of halogens is 1. The first-order valence-electron chi connectivity index (χ1n) is 0.850. The van der Waals surface area contributed by atoms with Gasteiger partial charge in [-0.15, -0.1) is 0 Å². The van der Waals surface area contributed by atoms with Gasteiger partial charge in [-0.05, 0) is 0 Å². The summed E-state index contributed by atoms with van der Waals surface area (Å²) in [5.74, 6) is 0. The van der Waals surface area contributed by atoms with Crippen molar-refractivity contribution in [3.05, 3.63) is 0 Å². The zero-order chi connectivity index (χ0) is 5.45. The van der Waals surface area contributed by atoms with Gasteiger partial charge in [0.15, 0.2) is 0 Å². The number of hydrogen-bond donors (Lipinski definition) is 5. The molecule has 0 aromatic heterocycles. The maximum absolute atomic E-state index is 5.06. The molecule has 54 valence electrons. The number of hydrogen-bond acceptors (Lipinski definition) is 4. The normalized spacial score (nSPS) is 16.4. The fourth-order valence-corrected chi connectivity index (χ4v) is 0. The number of rotatable bonds is 0. The predicted octanol–water partition coefficient (Wildman–Crippen LogP) is -1.30. The molecule has 5 nitrogen and oxygen atoms in total. The van der Waals surface area contributed by atoms with Crippen LogP contribution in [0.25, 0.3) is 0 Å². The molecule has 0 heterocycles. The maximum Gasteiger partial charge on any atom is -0.369 e. The van der Waals surface area contributed by atoms with E-state index in [1.165, 1.54) is 0 Å². The summed E-state index contributed by atoms with van der Waals surface area (Å²) in [4.78, 5) is 0. The minimum absolute atomic E-state index is 0. The molecule has 0 aromatic rings. The fraction of sp³-hybridized carbons (Fsp3) is 0.